The second-order valence-corrected chi connectivity index (χ2v) is 19.3. The highest BCUT2D eigenvalue weighted by Crippen LogP contribution is 2.61. The van der Waals surface area contributed by atoms with E-state index in [0.29, 0.717) is 17.5 Å². The van der Waals surface area contributed by atoms with Crippen LogP contribution in [0.25, 0.3) is 104 Å². The van der Waals surface area contributed by atoms with E-state index in [2.05, 4.69) is 211 Å². The van der Waals surface area contributed by atoms with Crippen LogP contribution in [-0.2, 0) is 5.41 Å². The third-order valence-electron chi connectivity index (χ3n) is 14.5. The quantitative estimate of drug-likeness (QED) is 0.173. The van der Waals surface area contributed by atoms with Crippen molar-refractivity contribution >= 4 is 53.3 Å². The van der Waals surface area contributed by atoms with Crippen LogP contribution in [0.15, 0.2) is 231 Å². The number of benzene rings is 10. The van der Waals surface area contributed by atoms with Crippen LogP contribution in [0.5, 0.6) is 11.5 Å². The van der Waals surface area contributed by atoms with Gasteiger partial charge in [0.1, 0.15) is 11.5 Å². The van der Waals surface area contributed by atoms with Gasteiger partial charge in [-0.3, -0.25) is 0 Å². The van der Waals surface area contributed by atoms with E-state index in [0.717, 1.165) is 72.3 Å². The predicted octanol–water partition coefficient (Wildman–Crippen LogP) is 16.5. The van der Waals surface area contributed by atoms with Crippen molar-refractivity contribution in [2.45, 2.75) is 5.41 Å². The van der Waals surface area contributed by atoms with Crippen LogP contribution in [0.3, 0.4) is 0 Å². The second kappa shape index (κ2) is 15.0. The number of ether oxygens (including phenoxy) is 1. The van der Waals surface area contributed by atoms with Gasteiger partial charge >= 0.3 is 0 Å². The van der Waals surface area contributed by atoms with Gasteiger partial charge in [-0.15, -0.1) is 11.3 Å². The second-order valence-electron chi connectivity index (χ2n) is 18.2. The van der Waals surface area contributed by atoms with Crippen LogP contribution in [0.1, 0.15) is 22.3 Å². The molecule has 326 valence electrons. The highest BCUT2D eigenvalue weighted by Gasteiger charge is 2.50. The van der Waals surface area contributed by atoms with Gasteiger partial charge in [0.25, 0.3) is 0 Å². The largest absolute Gasteiger partial charge is 0.457 e. The van der Waals surface area contributed by atoms with Crippen molar-refractivity contribution in [3.05, 3.63) is 253 Å². The van der Waals surface area contributed by atoms with Gasteiger partial charge in [-0.25, -0.2) is 15.0 Å². The average Bonchev–Trinajstić information content (AvgIpc) is 3.99. The summed E-state index contributed by atoms with van der Waals surface area (Å²) >= 11 is 1.80. The third-order valence-corrected chi connectivity index (χ3v) is 15.6. The van der Waals surface area contributed by atoms with Crippen LogP contribution in [0.4, 0.5) is 0 Å². The van der Waals surface area contributed by atoms with E-state index in [1.807, 2.05) is 24.3 Å². The van der Waals surface area contributed by atoms with Crippen molar-refractivity contribution in [1.29, 1.82) is 0 Å². The summed E-state index contributed by atoms with van der Waals surface area (Å²) in [5.74, 6) is 3.63. The van der Waals surface area contributed by atoms with Crippen LogP contribution in [-0.4, -0.2) is 19.5 Å². The lowest BCUT2D eigenvalue weighted by atomic mass is 9.61. The minimum absolute atomic E-state index is 0.631. The number of aromatic nitrogens is 4. The minimum Gasteiger partial charge on any atom is -0.457 e. The molecule has 15 rings (SSSR count). The van der Waals surface area contributed by atoms with Crippen molar-refractivity contribution < 1.29 is 4.74 Å². The number of hydrogen-bond acceptors (Lipinski definition) is 5. The smallest absolute Gasteiger partial charge is 0.164 e. The van der Waals surface area contributed by atoms with E-state index >= 15 is 0 Å². The maximum absolute atomic E-state index is 6.92. The molecular formula is C64H38N4OS. The summed E-state index contributed by atoms with van der Waals surface area (Å²) in [7, 11) is 0. The molecule has 5 heterocycles. The Morgan fingerprint density at radius 3 is 1.87 bits per heavy atom. The van der Waals surface area contributed by atoms with Crippen LogP contribution >= 0.6 is 11.3 Å². The molecule has 13 aromatic rings. The molecule has 1 spiro atoms. The van der Waals surface area contributed by atoms with Gasteiger partial charge in [0.15, 0.2) is 17.5 Å². The van der Waals surface area contributed by atoms with Crippen LogP contribution < -0.4 is 4.74 Å². The molecule has 0 fully saturated rings. The summed E-state index contributed by atoms with van der Waals surface area (Å²) in [5.41, 5.74) is 15.0. The zero-order valence-corrected chi connectivity index (χ0v) is 38.4. The summed E-state index contributed by atoms with van der Waals surface area (Å²) in [6, 6.07) is 82.6. The first-order valence-electron chi connectivity index (χ1n) is 23.7. The molecular weight excluding hydrogens is 873 g/mol. The van der Waals surface area contributed by atoms with Crippen molar-refractivity contribution in [2.75, 3.05) is 0 Å². The fourth-order valence-corrected chi connectivity index (χ4v) is 12.6. The lowest BCUT2D eigenvalue weighted by Gasteiger charge is -2.45. The Morgan fingerprint density at radius 1 is 0.371 bits per heavy atom. The molecule has 0 bridgehead atoms. The van der Waals surface area contributed by atoms with Crippen molar-refractivity contribution in [3.8, 4) is 73.6 Å². The van der Waals surface area contributed by atoms with Crippen molar-refractivity contribution in [2.24, 2.45) is 0 Å². The van der Waals surface area contributed by atoms with E-state index in [4.69, 9.17) is 19.7 Å². The first kappa shape index (κ1) is 39.1. The summed E-state index contributed by atoms with van der Waals surface area (Å²) in [6.07, 6.45) is 0. The number of fused-ring (bicyclic) bond motifs is 14. The van der Waals surface area contributed by atoms with Gasteiger partial charge < -0.3 is 9.30 Å². The van der Waals surface area contributed by atoms with Gasteiger partial charge in [0.05, 0.1) is 22.1 Å². The highest BCUT2D eigenvalue weighted by molar-refractivity contribution is 7.26. The van der Waals surface area contributed by atoms with Crippen molar-refractivity contribution in [1.82, 2.24) is 19.5 Å². The molecule has 3 aromatic heterocycles. The fraction of sp³-hybridized carbons (Fsp3) is 0.0156. The standard InChI is InChI=1S/C64H38N4OS/c1-3-16-39(17-4-1)41-20-13-21-44(36-41)62-65-61(40-18-5-2-6-19-40)66-63(67-62)47-24-15-31-58-59(47)48-37-42(33-35-57(48)70-58)43-32-34-56-52(38-43)64(50-26-9-12-30-55(50)69-56)49-25-8-11-29-54(49)68-53-28-10-7-22-45(53)46-23-14-27-51(64)60(46)68/h1-38H. The molecule has 70 heavy (non-hydrogen) atoms. The molecule has 1 unspecified atom stereocenters. The maximum Gasteiger partial charge on any atom is 0.164 e. The Balaban J connectivity index is 0.934. The highest BCUT2D eigenvalue weighted by atomic mass is 32.1. The number of para-hydroxylation sites is 4. The molecule has 2 aliphatic heterocycles. The first-order valence-corrected chi connectivity index (χ1v) is 24.5. The molecule has 0 aliphatic carbocycles. The average molecular weight is 911 g/mol. The topological polar surface area (TPSA) is 52.8 Å². The molecule has 10 aromatic carbocycles. The zero-order valence-electron chi connectivity index (χ0n) is 37.5. The predicted molar refractivity (Wildman–Crippen MR) is 286 cm³/mol. The molecule has 5 nitrogen and oxygen atoms in total. The van der Waals surface area contributed by atoms with Crippen LogP contribution in [0.2, 0.25) is 0 Å². The van der Waals surface area contributed by atoms with E-state index in [-0.39, 0.29) is 0 Å². The minimum atomic E-state index is -0.666. The van der Waals surface area contributed by atoms with Crippen molar-refractivity contribution in [3.63, 3.8) is 0 Å². The Bertz CT molecular complexity index is 4290. The van der Waals surface area contributed by atoms with Gasteiger partial charge in [0, 0.05) is 58.8 Å². The summed E-state index contributed by atoms with van der Waals surface area (Å²) < 4.78 is 11.8. The molecule has 0 saturated heterocycles. The lowest BCUT2D eigenvalue weighted by Crippen LogP contribution is -2.37. The summed E-state index contributed by atoms with van der Waals surface area (Å²) in [4.78, 5) is 15.7. The molecule has 0 saturated carbocycles. The van der Waals surface area contributed by atoms with Gasteiger partial charge in [0.2, 0.25) is 0 Å². The Labute approximate surface area is 407 Å². The Hall–Kier alpha value is -8.97. The molecule has 0 amide bonds. The number of thiophene rings is 1. The molecule has 0 radical (unpaired) electrons. The van der Waals surface area contributed by atoms with E-state index in [1.165, 1.54) is 48.0 Å². The Morgan fingerprint density at radius 2 is 0.986 bits per heavy atom. The molecule has 6 heteroatoms. The first-order chi connectivity index (χ1) is 34.7. The summed E-state index contributed by atoms with van der Waals surface area (Å²) in [6.45, 7) is 0. The number of hydrogen-bond donors (Lipinski definition) is 0. The third kappa shape index (κ3) is 5.62. The molecule has 1 atom stereocenters. The molecule has 2 aliphatic rings. The molecule has 0 N–H and O–H groups in total. The number of nitrogens with zero attached hydrogens (tertiary/aromatic N) is 4. The monoisotopic (exact) mass is 910 g/mol. The Kier molecular flexibility index (Phi) is 8.38. The zero-order chi connectivity index (χ0) is 45.9. The van der Waals surface area contributed by atoms with E-state index in [1.54, 1.807) is 11.3 Å². The lowest BCUT2D eigenvalue weighted by molar-refractivity contribution is 0.434. The van der Waals surface area contributed by atoms with Crippen LogP contribution in [0, 0.1) is 0 Å². The van der Waals surface area contributed by atoms with E-state index < -0.39 is 5.41 Å². The van der Waals surface area contributed by atoms with Gasteiger partial charge in [-0.2, -0.15) is 0 Å². The van der Waals surface area contributed by atoms with Gasteiger partial charge in [-0.05, 0) is 88.0 Å². The van der Waals surface area contributed by atoms with E-state index in [9.17, 15) is 0 Å². The summed E-state index contributed by atoms with van der Waals surface area (Å²) in [5, 5.41) is 4.79. The normalized spacial score (nSPS) is 14.5. The number of rotatable bonds is 5. The SMILES string of the molecule is c1ccc(-c2cccc(-c3nc(-c4ccccc4)nc(-c4cccc5sc6ccc(-c7ccc8c(c7)C7(c9ccccc9O8)c8ccccc8-n8c9ccccc9c9cccc7c98)cc6c45)n3)c2)cc1. The fourth-order valence-electron chi connectivity index (χ4n) is 11.5. The maximum atomic E-state index is 6.92. The van der Waals surface area contributed by atoms with Gasteiger partial charge in [-0.1, -0.05) is 176 Å².